The topological polar surface area (TPSA) is 9.23 Å². The van der Waals surface area contributed by atoms with Gasteiger partial charge in [-0.15, -0.1) is 11.6 Å². The molecule has 0 aromatic carbocycles. The van der Waals surface area contributed by atoms with Crippen molar-refractivity contribution in [2.75, 3.05) is 6.61 Å². The van der Waals surface area contributed by atoms with Crippen molar-refractivity contribution in [2.45, 2.75) is 25.0 Å². The van der Waals surface area contributed by atoms with Crippen molar-refractivity contribution in [2.24, 2.45) is 0 Å². The van der Waals surface area contributed by atoms with Gasteiger partial charge in [0.25, 0.3) is 0 Å². The number of alkyl halides is 1. The Morgan fingerprint density at radius 2 is 2.00 bits per heavy atom. The highest BCUT2D eigenvalue weighted by Crippen LogP contribution is 2.14. The van der Waals surface area contributed by atoms with Crippen LogP contribution in [-0.4, -0.2) is 20.3 Å². The average Bonchev–Trinajstić information content (AvgIpc) is 1.80. The highest BCUT2D eigenvalue weighted by molar-refractivity contribution is 6.69. The van der Waals surface area contributed by atoms with E-state index < -0.39 is 8.32 Å². The molecule has 0 fully saturated rings. The second-order valence-electron chi connectivity index (χ2n) is 3.34. The zero-order valence-electron chi connectivity index (χ0n) is 7.16. The molecule has 0 N–H and O–H groups in total. The van der Waals surface area contributed by atoms with Crippen LogP contribution >= 0.6 is 23.2 Å². The van der Waals surface area contributed by atoms with Crippen LogP contribution in [0.15, 0.2) is 11.6 Å². The second kappa shape index (κ2) is 4.50. The smallest absolute Gasteiger partial charge is 0.183 e. The van der Waals surface area contributed by atoms with Crippen LogP contribution in [0.4, 0.5) is 0 Å². The molecule has 1 nitrogen and oxygen atoms in total. The fraction of sp³-hybridized carbons (Fsp3) is 0.714. The molecular weight excluding hydrogens is 199 g/mol. The maximum atomic E-state index is 5.79. The van der Waals surface area contributed by atoms with Gasteiger partial charge in [-0.1, -0.05) is 18.2 Å². The highest BCUT2D eigenvalue weighted by Gasteiger charge is 2.17. The minimum Gasteiger partial charge on any atom is -0.416 e. The lowest BCUT2D eigenvalue weighted by Crippen LogP contribution is -2.28. The lowest BCUT2D eigenvalue weighted by molar-refractivity contribution is 0.320. The van der Waals surface area contributed by atoms with Gasteiger partial charge in [-0.2, -0.15) is 0 Å². The van der Waals surface area contributed by atoms with Crippen molar-refractivity contribution in [1.82, 2.24) is 0 Å². The van der Waals surface area contributed by atoms with Gasteiger partial charge in [0.05, 0.1) is 12.0 Å². The third kappa shape index (κ3) is 6.88. The van der Waals surface area contributed by atoms with E-state index in [1.165, 1.54) is 0 Å². The predicted molar refractivity (Wildman–Crippen MR) is 53.9 cm³/mol. The molecule has 0 aromatic rings. The number of rotatable bonds is 4. The third-order valence-electron chi connectivity index (χ3n) is 1.00. The van der Waals surface area contributed by atoms with E-state index in [1.54, 1.807) is 0 Å². The fourth-order valence-electron chi connectivity index (χ4n) is 0.414. The van der Waals surface area contributed by atoms with Crippen molar-refractivity contribution in [1.29, 1.82) is 0 Å². The van der Waals surface area contributed by atoms with Crippen molar-refractivity contribution >= 4 is 31.5 Å². The normalized spacial score (nSPS) is 14.6. The molecule has 0 amide bonds. The summed E-state index contributed by atoms with van der Waals surface area (Å²) in [7, 11) is -1.45. The summed E-state index contributed by atoms with van der Waals surface area (Å²) in [4.78, 5) is 0. The first kappa shape index (κ1) is 11.5. The Kier molecular flexibility index (Phi) is 4.71. The summed E-state index contributed by atoms with van der Waals surface area (Å²) in [6.45, 7) is 10.3. The average molecular weight is 213 g/mol. The standard InChI is InChI=1S/C7H14Cl2OSi/c1-6(8)7(9)5-10-11(2,3)4/h7H,1,5H2,2-4H3. The third-order valence-corrected chi connectivity index (χ3v) is 2.80. The molecule has 0 aliphatic carbocycles. The summed E-state index contributed by atoms with van der Waals surface area (Å²) >= 11 is 11.4. The van der Waals surface area contributed by atoms with Crippen LogP contribution < -0.4 is 0 Å². The minimum atomic E-state index is -1.45. The maximum absolute atomic E-state index is 5.79. The molecule has 0 heterocycles. The predicted octanol–water partition coefficient (Wildman–Crippen LogP) is 3.20. The molecule has 0 saturated carbocycles. The van der Waals surface area contributed by atoms with Crippen LogP contribution in [0.5, 0.6) is 0 Å². The van der Waals surface area contributed by atoms with E-state index in [0.29, 0.717) is 11.6 Å². The second-order valence-corrected chi connectivity index (χ2v) is 8.86. The minimum absolute atomic E-state index is 0.261. The van der Waals surface area contributed by atoms with Crippen molar-refractivity contribution < 1.29 is 4.43 Å². The van der Waals surface area contributed by atoms with Gasteiger partial charge in [-0.25, -0.2) is 0 Å². The fourth-order valence-corrected chi connectivity index (χ4v) is 1.31. The van der Waals surface area contributed by atoms with Crippen molar-refractivity contribution in [3.8, 4) is 0 Å². The molecule has 0 aliphatic heterocycles. The van der Waals surface area contributed by atoms with Crippen LogP contribution in [0, 0.1) is 0 Å². The molecule has 0 spiro atoms. The Bertz CT molecular complexity index is 142. The van der Waals surface area contributed by atoms with E-state index >= 15 is 0 Å². The zero-order valence-corrected chi connectivity index (χ0v) is 9.67. The van der Waals surface area contributed by atoms with Gasteiger partial charge in [-0.3, -0.25) is 0 Å². The lowest BCUT2D eigenvalue weighted by atomic mass is 10.4. The molecular formula is C7H14Cl2OSi. The molecule has 1 unspecified atom stereocenters. The van der Waals surface area contributed by atoms with Gasteiger partial charge in [0.2, 0.25) is 0 Å². The van der Waals surface area contributed by atoms with Crippen LogP contribution in [0.1, 0.15) is 0 Å². The van der Waals surface area contributed by atoms with E-state index in [0.717, 1.165) is 0 Å². The van der Waals surface area contributed by atoms with Crippen molar-refractivity contribution in [3.05, 3.63) is 11.6 Å². The van der Waals surface area contributed by atoms with Gasteiger partial charge in [-0.05, 0) is 19.6 Å². The Labute approximate surface area is 79.5 Å². The molecule has 0 radical (unpaired) electrons. The number of hydrogen-bond donors (Lipinski definition) is 0. The monoisotopic (exact) mass is 212 g/mol. The van der Waals surface area contributed by atoms with Gasteiger partial charge in [0.1, 0.15) is 0 Å². The quantitative estimate of drug-likeness (QED) is 0.514. The molecule has 11 heavy (non-hydrogen) atoms. The summed E-state index contributed by atoms with van der Waals surface area (Å²) < 4.78 is 5.51. The molecule has 4 heteroatoms. The van der Waals surface area contributed by atoms with Gasteiger partial charge < -0.3 is 4.43 Å². The van der Waals surface area contributed by atoms with E-state index in [4.69, 9.17) is 27.6 Å². The van der Waals surface area contributed by atoms with E-state index in [1.807, 2.05) is 0 Å². The van der Waals surface area contributed by atoms with E-state index in [9.17, 15) is 0 Å². The first-order valence-corrected chi connectivity index (χ1v) is 7.67. The Morgan fingerprint density at radius 1 is 1.55 bits per heavy atom. The first-order chi connectivity index (χ1) is 4.83. The van der Waals surface area contributed by atoms with Crippen molar-refractivity contribution in [3.63, 3.8) is 0 Å². The van der Waals surface area contributed by atoms with Crippen LogP contribution in [-0.2, 0) is 4.43 Å². The van der Waals surface area contributed by atoms with Gasteiger partial charge in [0, 0.05) is 5.03 Å². The Hall–Kier alpha value is 0.497. The first-order valence-electron chi connectivity index (χ1n) is 3.45. The number of halogens is 2. The number of hydrogen-bond acceptors (Lipinski definition) is 1. The van der Waals surface area contributed by atoms with Gasteiger partial charge in [0.15, 0.2) is 8.32 Å². The molecule has 66 valence electrons. The largest absolute Gasteiger partial charge is 0.416 e. The molecule has 0 aliphatic rings. The SMILES string of the molecule is C=C(Cl)C(Cl)CO[Si](C)(C)C. The molecule has 0 rings (SSSR count). The van der Waals surface area contributed by atoms with Crippen LogP contribution in [0.3, 0.4) is 0 Å². The Morgan fingerprint density at radius 3 is 2.27 bits per heavy atom. The molecule has 0 aromatic heterocycles. The van der Waals surface area contributed by atoms with E-state index in [2.05, 4.69) is 26.2 Å². The summed E-state index contributed by atoms with van der Waals surface area (Å²) in [6, 6.07) is 0. The summed E-state index contributed by atoms with van der Waals surface area (Å²) in [5.74, 6) is 0. The van der Waals surface area contributed by atoms with Gasteiger partial charge >= 0.3 is 0 Å². The zero-order chi connectivity index (χ0) is 9.07. The lowest BCUT2D eigenvalue weighted by Gasteiger charge is -2.18. The van der Waals surface area contributed by atoms with Crippen LogP contribution in [0.25, 0.3) is 0 Å². The molecule has 0 bridgehead atoms. The highest BCUT2D eigenvalue weighted by atomic mass is 35.5. The summed E-state index contributed by atoms with van der Waals surface area (Å²) in [5.41, 5.74) is 0. The summed E-state index contributed by atoms with van der Waals surface area (Å²) in [6.07, 6.45) is 0. The van der Waals surface area contributed by atoms with E-state index in [-0.39, 0.29) is 5.38 Å². The Balaban J connectivity index is 3.63. The molecule has 0 saturated heterocycles. The van der Waals surface area contributed by atoms with Crippen LogP contribution in [0.2, 0.25) is 19.6 Å². The summed E-state index contributed by atoms with van der Waals surface area (Å²) in [5, 5.41) is 0.188. The molecule has 1 atom stereocenters. The maximum Gasteiger partial charge on any atom is 0.183 e.